The molecule has 1 atom stereocenters. The van der Waals surface area contributed by atoms with Gasteiger partial charge in [0.15, 0.2) is 0 Å². The molecule has 0 fully saturated rings. The van der Waals surface area contributed by atoms with Gasteiger partial charge >= 0.3 is 0 Å². The minimum Gasteiger partial charge on any atom is -0.331 e. The Labute approximate surface area is 159 Å². The monoisotopic (exact) mass is 370 g/mol. The van der Waals surface area contributed by atoms with Crippen molar-refractivity contribution in [3.63, 3.8) is 0 Å². The predicted octanol–water partition coefficient (Wildman–Crippen LogP) is 5.93. The molecule has 0 spiro atoms. The van der Waals surface area contributed by atoms with Crippen LogP contribution in [0.3, 0.4) is 0 Å². The lowest BCUT2D eigenvalue weighted by Gasteiger charge is -2.36. The Morgan fingerprint density at radius 2 is 1.56 bits per heavy atom. The number of halogens is 1. The molecule has 1 aromatic rings. The summed E-state index contributed by atoms with van der Waals surface area (Å²) in [6.07, 6.45) is 9.23. The summed E-state index contributed by atoms with van der Waals surface area (Å²) in [5.41, 5.74) is 2.46. The van der Waals surface area contributed by atoms with E-state index < -0.39 is 5.97 Å². The van der Waals surface area contributed by atoms with Gasteiger partial charge in [-0.25, -0.2) is 0 Å². The summed E-state index contributed by atoms with van der Waals surface area (Å²) >= 11 is 5.95. The van der Waals surface area contributed by atoms with Gasteiger partial charge in [-0.05, 0) is 30.4 Å². The van der Waals surface area contributed by atoms with Crippen molar-refractivity contribution < 1.29 is 14.2 Å². The average Bonchev–Trinajstić information content (AvgIpc) is 2.67. The van der Waals surface area contributed by atoms with Crippen LogP contribution in [0.5, 0.6) is 0 Å². The molecular formula is C21H35ClO3. The fourth-order valence-corrected chi connectivity index (χ4v) is 3.62. The molecule has 0 saturated heterocycles. The zero-order valence-corrected chi connectivity index (χ0v) is 17.1. The lowest BCUT2D eigenvalue weighted by molar-refractivity contribution is -0.380. The van der Waals surface area contributed by atoms with Crippen LogP contribution in [0.4, 0.5) is 0 Å². The van der Waals surface area contributed by atoms with Crippen LogP contribution in [0.2, 0.25) is 0 Å². The number of methoxy groups -OCH3 is 3. The third-order valence-corrected chi connectivity index (χ3v) is 5.25. The van der Waals surface area contributed by atoms with Gasteiger partial charge in [-0.1, -0.05) is 63.3 Å². The highest BCUT2D eigenvalue weighted by Crippen LogP contribution is 2.32. The van der Waals surface area contributed by atoms with Gasteiger partial charge in [0.1, 0.15) is 0 Å². The number of unbranched alkanes of at least 4 members (excludes halogenated alkanes) is 4. The second-order valence-corrected chi connectivity index (χ2v) is 6.88. The number of rotatable bonds is 14. The summed E-state index contributed by atoms with van der Waals surface area (Å²) in [6, 6.07) is 8.47. The molecule has 0 saturated carbocycles. The van der Waals surface area contributed by atoms with E-state index in [0.29, 0.717) is 5.88 Å². The Bertz CT molecular complexity index is 452. The minimum absolute atomic E-state index is 0.189. The van der Waals surface area contributed by atoms with Crippen LogP contribution in [0, 0.1) is 5.92 Å². The van der Waals surface area contributed by atoms with Gasteiger partial charge in [0.05, 0.1) is 0 Å². The smallest absolute Gasteiger partial charge is 0.285 e. The Balaban J connectivity index is 2.71. The molecule has 144 valence electrons. The van der Waals surface area contributed by atoms with Gasteiger partial charge in [0.25, 0.3) is 5.97 Å². The molecule has 1 unspecified atom stereocenters. The van der Waals surface area contributed by atoms with Crippen molar-refractivity contribution in [2.45, 2.75) is 70.1 Å². The molecule has 0 amide bonds. The molecule has 3 nitrogen and oxygen atoms in total. The van der Waals surface area contributed by atoms with Crippen molar-refractivity contribution in [2.75, 3.05) is 21.3 Å². The number of hydrogen-bond acceptors (Lipinski definition) is 3. The van der Waals surface area contributed by atoms with E-state index in [1.54, 1.807) is 21.3 Å². The summed E-state index contributed by atoms with van der Waals surface area (Å²) < 4.78 is 16.9. The van der Waals surface area contributed by atoms with Crippen molar-refractivity contribution in [1.29, 1.82) is 0 Å². The van der Waals surface area contributed by atoms with Crippen molar-refractivity contribution in [3.05, 3.63) is 35.4 Å². The molecule has 0 heterocycles. The topological polar surface area (TPSA) is 27.7 Å². The first-order valence-electron chi connectivity index (χ1n) is 9.45. The third-order valence-electron chi connectivity index (χ3n) is 4.94. The first kappa shape index (κ1) is 22.4. The largest absolute Gasteiger partial charge is 0.331 e. The van der Waals surface area contributed by atoms with E-state index in [1.807, 2.05) is 0 Å². The van der Waals surface area contributed by atoms with Crippen LogP contribution < -0.4 is 0 Å². The fourth-order valence-electron chi connectivity index (χ4n) is 3.45. The maximum Gasteiger partial charge on any atom is 0.285 e. The molecule has 0 aliphatic rings. The van der Waals surface area contributed by atoms with Crippen molar-refractivity contribution in [2.24, 2.45) is 5.92 Å². The standard InChI is InChI=1S/C21H35ClO3/c1-5-6-7-8-9-13-20(21(23-2,24-3)25-4)15-14-18-11-10-12-19(16-18)17-22/h10-12,16,20H,5-9,13-15,17H2,1-4H3. The lowest BCUT2D eigenvalue weighted by atomic mass is 9.91. The Hall–Kier alpha value is -0.610. The predicted molar refractivity (Wildman–Crippen MR) is 105 cm³/mol. The normalized spacial score (nSPS) is 13.2. The second-order valence-electron chi connectivity index (χ2n) is 6.61. The van der Waals surface area contributed by atoms with E-state index in [1.165, 1.54) is 37.7 Å². The molecule has 25 heavy (non-hydrogen) atoms. The average molecular weight is 371 g/mol. The number of ether oxygens (including phenoxy) is 3. The van der Waals surface area contributed by atoms with Crippen LogP contribution in [-0.2, 0) is 26.5 Å². The maximum absolute atomic E-state index is 5.95. The summed E-state index contributed by atoms with van der Waals surface area (Å²) in [4.78, 5) is 0. The highest BCUT2D eigenvalue weighted by Gasteiger charge is 2.39. The van der Waals surface area contributed by atoms with Gasteiger partial charge in [-0.15, -0.1) is 11.6 Å². The van der Waals surface area contributed by atoms with E-state index >= 15 is 0 Å². The molecule has 0 radical (unpaired) electrons. The first-order valence-corrected chi connectivity index (χ1v) is 9.98. The van der Waals surface area contributed by atoms with Crippen LogP contribution in [-0.4, -0.2) is 27.3 Å². The molecule has 0 bridgehead atoms. The van der Waals surface area contributed by atoms with E-state index in [2.05, 4.69) is 31.2 Å². The molecular weight excluding hydrogens is 336 g/mol. The molecule has 0 aromatic heterocycles. The molecule has 0 aliphatic carbocycles. The van der Waals surface area contributed by atoms with Crippen LogP contribution >= 0.6 is 11.6 Å². The summed E-state index contributed by atoms with van der Waals surface area (Å²) in [5.74, 6) is -0.226. The molecule has 0 aliphatic heterocycles. The van der Waals surface area contributed by atoms with Crippen LogP contribution in [0.25, 0.3) is 0 Å². The van der Waals surface area contributed by atoms with Gasteiger partial charge < -0.3 is 14.2 Å². The minimum atomic E-state index is -0.963. The molecule has 0 N–H and O–H groups in total. The summed E-state index contributed by atoms with van der Waals surface area (Å²) in [5, 5.41) is 0. The van der Waals surface area contributed by atoms with Crippen molar-refractivity contribution in [1.82, 2.24) is 0 Å². The number of alkyl halides is 1. The number of benzene rings is 1. The van der Waals surface area contributed by atoms with E-state index in [0.717, 1.165) is 24.8 Å². The summed E-state index contributed by atoms with van der Waals surface area (Å²) in [6.45, 7) is 2.24. The van der Waals surface area contributed by atoms with E-state index in [9.17, 15) is 0 Å². The molecule has 4 heteroatoms. The lowest BCUT2D eigenvalue weighted by Crippen LogP contribution is -2.44. The highest BCUT2D eigenvalue weighted by molar-refractivity contribution is 6.17. The Morgan fingerprint density at radius 3 is 2.16 bits per heavy atom. The SMILES string of the molecule is CCCCCCCC(CCc1cccc(CCl)c1)C(OC)(OC)OC. The van der Waals surface area contributed by atoms with Gasteiger partial charge in [-0.3, -0.25) is 0 Å². The van der Waals surface area contributed by atoms with Crippen LogP contribution in [0.1, 0.15) is 63.0 Å². The molecule has 1 rings (SSSR count). The second kappa shape index (κ2) is 12.7. The quantitative estimate of drug-likeness (QED) is 0.231. The van der Waals surface area contributed by atoms with E-state index in [-0.39, 0.29) is 5.92 Å². The van der Waals surface area contributed by atoms with Gasteiger partial charge in [0.2, 0.25) is 0 Å². The Morgan fingerprint density at radius 1 is 0.920 bits per heavy atom. The number of hydrogen-bond donors (Lipinski definition) is 0. The zero-order chi connectivity index (χ0) is 18.5. The van der Waals surface area contributed by atoms with E-state index in [4.69, 9.17) is 25.8 Å². The maximum atomic E-state index is 5.95. The van der Waals surface area contributed by atoms with Crippen molar-refractivity contribution in [3.8, 4) is 0 Å². The number of aryl methyl sites for hydroxylation is 1. The molecule has 1 aromatic carbocycles. The third kappa shape index (κ3) is 7.26. The van der Waals surface area contributed by atoms with Crippen molar-refractivity contribution >= 4 is 11.6 Å². The first-order chi connectivity index (χ1) is 12.2. The van der Waals surface area contributed by atoms with Crippen LogP contribution in [0.15, 0.2) is 24.3 Å². The fraction of sp³-hybridized carbons (Fsp3) is 0.714. The summed E-state index contributed by atoms with van der Waals surface area (Å²) in [7, 11) is 4.97. The van der Waals surface area contributed by atoms with Gasteiger partial charge in [-0.2, -0.15) is 0 Å². The zero-order valence-electron chi connectivity index (χ0n) is 16.4. The highest BCUT2D eigenvalue weighted by atomic mass is 35.5. The van der Waals surface area contributed by atoms with Gasteiger partial charge in [0, 0.05) is 33.1 Å². The Kier molecular flexibility index (Phi) is 11.4.